The van der Waals surface area contributed by atoms with Gasteiger partial charge in [-0.3, -0.25) is 0 Å². The van der Waals surface area contributed by atoms with Gasteiger partial charge in [-0.2, -0.15) is 0 Å². The fraction of sp³-hybridized carbons (Fsp3) is 0.455. The molecule has 17 heavy (non-hydrogen) atoms. The van der Waals surface area contributed by atoms with E-state index < -0.39 is 15.8 Å². The summed E-state index contributed by atoms with van der Waals surface area (Å²) < 4.78 is 39.5. The molecule has 0 aromatic heterocycles. The van der Waals surface area contributed by atoms with E-state index in [1.165, 1.54) is 18.2 Å². The molecule has 0 saturated heterocycles. The minimum Gasteiger partial charge on any atom is -0.210 e. The maximum atomic E-state index is 13.4. The Bertz CT molecular complexity index is 514. The number of hydrogen-bond donors (Lipinski definition) is 1. The molecule has 0 spiro atoms. The zero-order valence-electron chi connectivity index (χ0n) is 9.12. The van der Waals surface area contributed by atoms with Gasteiger partial charge >= 0.3 is 0 Å². The maximum Gasteiger partial charge on any atom is 0.243 e. The van der Waals surface area contributed by atoms with Gasteiger partial charge in [0.15, 0.2) is 0 Å². The first-order valence-corrected chi connectivity index (χ1v) is 7.31. The van der Waals surface area contributed by atoms with Crippen molar-refractivity contribution >= 4 is 21.6 Å². The molecule has 1 aliphatic rings. The molecule has 0 aliphatic heterocycles. The number of halogens is 2. The van der Waals surface area contributed by atoms with Crippen LogP contribution in [0.4, 0.5) is 4.39 Å². The highest BCUT2D eigenvalue weighted by molar-refractivity contribution is 7.89. The average Bonchev–Trinajstić information content (AvgIpc) is 3.08. The van der Waals surface area contributed by atoms with E-state index in [0.29, 0.717) is 5.88 Å². The normalized spacial score (nSPS) is 18.0. The van der Waals surface area contributed by atoms with Crippen molar-refractivity contribution in [3.05, 3.63) is 30.1 Å². The van der Waals surface area contributed by atoms with Gasteiger partial charge < -0.3 is 0 Å². The third-order valence-electron chi connectivity index (χ3n) is 3.00. The minimum absolute atomic E-state index is 0.125. The highest BCUT2D eigenvalue weighted by atomic mass is 35.5. The van der Waals surface area contributed by atoms with Gasteiger partial charge in [-0.15, -0.1) is 11.6 Å². The lowest BCUT2D eigenvalue weighted by Gasteiger charge is -2.13. The summed E-state index contributed by atoms with van der Waals surface area (Å²) in [6.07, 6.45) is 1.83. The molecule has 94 valence electrons. The van der Waals surface area contributed by atoms with Gasteiger partial charge in [0, 0.05) is 12.4 Å². The van der Waals surface area contributed by atoms with E-state index in [9.17, 15) is 12.8 Å². The Morgan fingerprint density at radius 3 is 2.53 bits per heavy atom. The summed E-state index contributed by atoms with van der Waals surface area (Å²) in [6, 6.07) is 5.32. The number of benzene rings is 1. The summed E-state index contributed by atoms with van der Waals surface area (Å²) in [6.45, 7) is 0.271. The minimum atomic E-state index is -3.78. The van der Waals surface area contributed by atoms with Crippen LogP contribution in [-0.2, 0) is 10.0 Å². The Labute approximate surface area is 105 Å². The number of nitrogens with one attached hydrogen (secondary N) is 1. The van der Waals surface area contributed by atoms with Crippen LogP contribution >= 0.6 is 11.6 Å². The number of rotatable bonds is 5. The third kappa shape index (κ3) is 2.78. The van der Waals surface area contributed by atoms with Crippen molar-refractivity contribution in [1.82, 2.24) is 4.72 Å². The molecule has 0 heterocycles. The molecular formula is C11H13ClFNO2S. The average molecular weight is 278 g/mol. The van der Waals surface area contributed by atoms with Gasteiger partial charge in [-0.1, -0.05) is 12.1 Å². The number of alkyl halides is 1. The van der Waals surface area contributed by atoms with Crippen LogP contribution in [0.3, 0.4) is 0 Å². The highest BCUT2D eigenvalue weighted by Crippen LogP contribution is 2.46. The van der Waals surface area contributed by atoms with Crippen LogP contribution in [0.25, 0.3) is 0 Å². The molecule has 0 unspecified atom stereocenters. The predicted octanol–water partition coefficient (Wildman–Crippen LogP) is 2.12. The van der Waals surface area contributed by atoms with E-state index in [-0.39, 0.29) is 16.9 Å². The van der Waals surface area contributed by atoms with E-state index in [0.717, 1.165) is 18.9 Å². The van der Waals surface area contributed by atoms with Gasteiger partial charge in [0.2, 0.25) is 10.0 Å². The summed E-state index contributed by atoms with van der Waals surface area (Å²) >= 11 is 5.75. The summed E-state index contributed by atoms with van der Waals surface area (Å²) in [5.74, 6) is -0.317. The van der Waals surface area contributed by atoms with Crippen LogP contribution < -0.4 is 4.72 Å². The molecule has 1 N–H and O–H groups in total. The quantitative estimate of drug-likeness (QED) is 0.838. The van der Waals surface area contributed by atoms with Gasteiger partial charge in [-0.25, -0.2) is 17.5 Å². The lowest BCUT2D eigenvalue weighted by molar-refractivity contribution is 0.525. The van der Waals surface area contributed by atoms with Crippen LogP contribution in [-0.4, -0.2) is 20.8 Å². The van der Waals surface area contributed by atoms with Crippen molar-refractivity contribution in [2.75, 3.05) is 12.4 Å². The maximum absolute atomic E-state index is 13.4. The molecule has 0 atom stereocenters. The third-order valence-corrected chi connectivity index (χ3v) is 5.01. The molecule has 6 heteroatoms. The first-order valence-electron chi connectivity index (χ1n) is 5.29. The summed E-state index contributed by atoms with van der Waals surface area (Å²) in [5, 5.41) is 0. The van der Waals surface area contributed by atoms with Gasteiger partial charge in [0.05, 0.1) is 0 Å². The summed E-state index contributed by atoms with van der Waals surface area (Å²) in [5.41, 5.74) is -0.125. The lowest BCUT2D eigenvalue weighted by Crippen LogP contribution is -2.31. The van der Waals surface area contributed by atoms with Crippen molar-refractivity contribution in [3.63, 3.8) is 0 Å². The fourth-order valence-electron chi connectivity index (χ4n) is 1.52. The van der Waals surface area contributed by atoms with Crippen LogP contribution in [0.5, 0.6) is 0 Å². The second-order valence-corrected chi connectivity index (χ2v) is 6.39. The molecule has 1 aromatic rings. The lowest BCUT2D eigenvalue weighted by atomic mass is 10.1. The zero-order valence-corrected chi connectivity index (χ0v) is 10.7. The standard InChI is InChI=1S/C11H13ClFNO2S/c12-7-11(5-6-11)8-14-17(15,16)10-4-2-1-3-9(10)13/h1-4,14H,5-8H2. The van der Waals surface area contributed by atoms with Gasteiger partial charge in [0.1, 0.15) is 10.7 Å². The predicted molar refractivity (Wildman–Crippen MR) is 64.0 cm³/mol. The molecule has 2 rings (SSSR count). The van der Waals surface area contributed by atoms with E-state index in [2.05, 4.69) is 4.72 Å². The van der Waals surface area contributed by atoms with Crippen molar-refractivity contribution < 1.29 is 12.8 Å². The van der Waals surface area contributed by atoms with E-state index >= 15 is 0 Å². The smallest absolute Gasteiger partial charge is 0.210 e. The molecule has 1 aromatic carbocycles. The second kappa shape index (κ2) is 4.55. The Kier molecular flexibility index (Phi) is 3.43. The van der Waals surface area contributed by atoms with Crippen LogP contribution in [0, 0.1) is 11.2 Å². The molecule has 0 bridgehead atoms. The Morgan fingerprint density at radius 2 is 2.00 bits per heavy atom. The van der Waals surface area contributed by atoms with E-state index in [1.807, 2.05) is 0 Å². The first-order chi connectivity index (χ1) is 7.99. The number of sulfonamides is 1. The van der Waals surface area contributed by atoms with Crippen molar-refractivity contribution in [2.24, 2.45) is 5.41 Å². The van der Waals surface area contributed by atoms with Crippen LogP contribution in [0.1, 0.15) is 12.8 Å². The molecule has 1 aliphatic carbocycles. The van der Waals surface area contributed by atoms with Gasteiger partial charge in [0.25, 0.3) is 0 Å². The molecular weight excluding hydrogens is 265 g/mol. The Hall–Kier alpha value is -0.650. The molecule has 0 amide bonds. The second-order valence-electron chi connectivity index (χ2n) is 4.39. The van der Waals surface area contributed by atoms with Crippen molar-refractivity contribution in [2.45, 2.75) is 17.7 Å². The molecule has 3 nitrogen and oxygen atoms in total. The molecule has 1 saturated carbocycles. The zero-order chi connectivity index (χ0) is 12.5. The van der Waals surface area contributed by atoms with E-state index in [1.54, 1.807) is 0 Å². The topological polar surface area (TPSA) is 46.2 Å². The van der Waals surface area contributed by atoms with Gasteiger partial charge in [-0.05, 0) is 30.4 Å². The Morgan fingerprint density at radius 1 is 1.35 bits per heavy atom. The first kappa shape index (κ1) is 12.8. The SMILES string of the molecule is O=S(=O)(NCC1(CCl)CC1)c1ccccc1F. The Balaban J connectivity index is 2.12. The summed E-state index contributed by atoms with van der Waals surface area (Å²) in [4.78, 5) is -0.314. The van der Waals surface area contributed by atoms with Crippen molar-refractivity contribution in [1.29, 1.82) is 0 Å². The monoisotopic (exact) mass is 277 g/mol. The van der Waals surface area contributed by atoms with E-state index in [4.69, 9.17) is 11.6 Å². The van der Waals surface area contributed by atoms with Crippen molar-refractivity contribution in [3.8, 4) is 0 Å². The largest absolute Gasteiger partial charge is 0.243 e. The highest BCUT2D eigenvalue weighted by Gasteiger charge is 2.42. The molecule has 1 fully saturated rings. The fourth-order valence-corrected chi connectivity index (χ4v) is 3.12. The number of hydrogen-bond acceptors (Lipinski definition) is 2. The van der Waals surface area contributed by atoms with Crippen LogP contribution in [0.15, 0.2) is 29.2 Å². The molecule has 0 radical (unpaired) electrons. The van der Waals surface area contributed by atoms with Crippen LogP contribution in [0.2, 0.25) is 0 Å². The summed E-state index contributed by atoms with van der Waals surface area (Å²) in [7, 11) is -3.78.